The molecule has 0 spiro atoms. The minimum absolute atomic E-state index is 0.0571. The molecule has 0 saturated carbocycles. The van der Waals surface area contributed by atoms with Gasteiger partial charge < -0.3 is 19.4 Å². The Morgan fingerprint density at radius 2 is 2.10 bits per heavy atom. The van der Waals surface area contributed by atoms with Crippen molar-refractivity contribution in [1.82, 2.24) is 10.5 Å². The molecule has 0 saturated heterocycles. The second kappa shape index (κ2) is 7.87. The summed E-state index contributed by atoms with van der Waals surface area (Å²) >= 11 is 7.66. The number of carbonyl (C=O) groups is 1. The third kappa shape index (κ3) is 3.60. The number of nitrogens with one attached hydrogen (secondary N) is 1. The van der Waals surface area contributed by atoms with Crippen LogP contribution in [0.25, 0.3) is 11.3 Å². The molecule has 29 heavy (non-hydrogen) atoms. The van der Waals surface area contributed by atoms with Crippen LogP contribution in [-0.4, -0.2) is 22.7 Å². The Kier molecular flexibility index (Phi) is 5.27. The van der Waals surface area contributed by atoms with Gasteiger partial charge in [0.1, 0.15) is 22.6 Å². The largest absolute Gasteiger partial charge is 0.472 e. The van der Waals surface area contributed by atoms with E-state index in [0.717, 1.165) is 0 Å². The summed E-state index contributed by atoms with van der Waals surface area (Å²) in [5, 5.41) is 20.5. The van der Waals surface area contributed by atoms with Crippen LogP contribution in [0.15, 0.2) is 69.3 Å². The molecule has 0 bridgehead atoms. The van der Waals surface area contributed by atoms with E-state index in [1.165, 1.54) is 23.9 Å². The SMILES string of the molecule is Cc1onc(-c2ccccc2Cl)c1C(=O)NC[C@@](O)(c1ccoc1)c1cccs1. The van der Waals surface area contributed by atoms with Crippen LogP contribution in [0.2, 0.25) is 5.02 Å². The van der Waals surface area contributed by atoms with Crippen molar-refractivity contribution in [3.63, 3.8) is 0 Å². The molecule has 8 heteroatoms. The van der Waals surface area contributed by atoms with E-state index in [2.05, 4.69) is 10.5 Å². The average molecular weight is 429 g/mol. The summed E-state index contributed by atoms with van der Waals surface area (Å²) in [6, 6.07) is 12.4. The molecule has 0 aliphatic rings. The molecule has 0 aliphatic carbocycles. The summed E-state index contributed by atoms with van der Waals surface area (Å²) in [7, 11) is 0. The predicted octanol–water partition coefficient (Wildman–Crippen LogP) is 4.62. The van der Waals surface area contributed by atoms with Crippen LogP contribution >= 0.6 is 22.9 Å². The van der Waals surface area contributed by atoms with Gasteiger partial charge in [0, 0.05) is 16.0 Å². The number of benzene rings is 1. The summed E-state index contributed by atoms with van der Waals surface area (Å²) in [5.74, 6) is -0.0578. The van der Waals surface area contributed by atoms with Crippen molar-refractivity contribution >= 4 is 28.8 Å². The molecule has 0 fully saturated rings. The van der Waals surface area contributed by atoms with Gasteiger partial charge in [-0.1, -0.05) is 41.0 Å². The van der Waals surface area contributed by atoms with Gasteiger partial charge in [-0.15, -0.1) is 11.3 Å². The molecule has 1 amide bonds. The Bertz CT molecular complexity index is 1090. The molecule has 2 N–H and O–H groups in total. The van der Waals surface area contributed by atoms with Gasteiger partial charge in [-0.2, -0.15) is 0 Å². The van der Waals surface area contributed by atoms with Gasteiger partial charge in [0.25, 0.3) is 5.91 Å². The standard InChI is InChI=1S/C21H17ClN2O4S/c1-13-18(19(24-28-13)15-5-2-3-6-16(15)22)20(25)23-12-21(26,14-8-9-27-11-14)17-7-4-10-29-17/h2-11,26H,12H2,1H3,(H,23,25)/t21-/m1/s1. The van der Waals surface area contributed by atoms with Crippen molar-refractivity contribution in [2.24, 2.45) is 0 Å². The smallest absolute Gasteiger partial charge is 0.257 e. The maximum absolute atomic E-state index is 13.0. The molecular formula is C21H17ClN2O4S. The van der Waals surface area contributed by atoms with E-state index in [1.54, 1.807) is 37.3 Å². The number of thiophene rings is 1. The highest BCUT2D eigenvalue weighted by molar-refractivity contribution is 7.10. The van der Waals surface area contributed by atoms with Gasteiger partial charge in [0.05, 0.1) is 24.1 Å². The fourth-order valence-electron chi connectivity index (χ4n) is 3.12. The molecule has 0 aliphatic heterocycles. The van der Waals surface area contributed by atoms with Crippen molar-refractivity contribution in [2.75, 3.05) is 6.54 Å². The normalized spacial score (nSPS) is 13.2. The van der Waals surface area contributed by atoms with E-state index in [9.17, 15) is 9.90 Å². The summed E-state index contributed by atoms with van der Waals surface area (Å²) in [6.07, 6.45) is 2.95. The Balaban J connectivity index is 1.64. The molecule has 4 rings (SSSR count). The Morgan fingerprint density at radius 3 is 2.79 bits per heavy atom. The fourth-order valence-corrected chi connectivity index (χ4v) is 4.19. The molecule has 1 aromatic carbocycles. The molecule has 3 aromatic heterocycles. The van der Waals surface area contributed by atoms with Crippen molar-refractivity contribution in [1.29, 1.82) is 0 Å². The van der Waals surface area contributed by atoms with Gasteiger partial charge in [-0.05, 0) is 30.5 Å². The van der Waals surface area contributed by atoms with Crippen molar-refractivity contribution in [3.05, 3.63) is 87.2 Å². The second-order valence-electron chi connectivity index (χ2n) is 6.47. The first kappa shape index (κ1) is 19.4. The number of furan rings is 1. The number of amides is 1. The summed E-state index contributed by atoms with van der Waals surface area (Å²) in [5.41, 5.74) is 0.354. The number of aromatic nitrogens is 1. The zero-order valence-electron chi connectivity index (χ0n) is 15.4. The van der Waals surface area contributed by atoms with Crippen LogP contribution in [0.5, 0.6) is 0 Å². The summed E-state index contributed by atoms with van der Waals surface area (Å²) in [4.78, 5) is 13.7. The number of rotatable bonds is 6. The quantitative estimate of drug-likeness (QED) is 0.467. The van der Waals surface area contributed by atoms with E-state index in [1.807, 2.05) is 17.5 Å². The lowest BCUT2D eigenvalue weighted by atomic mass is 9.94. The van der Waals surface area contributed by atoms with Gasteiger partial charge in [-0.3, -0.25) is 4.79 Å². The first-order valence-corrected chi connectivity index (χ1v) is 10.0. The first-order chi connectivity index (χ1) is 14.0. The van der Waals surface area contributed by atoms with Crippen molar-refractivity contribution in [2.45, 2.75) is 12.5 Å². The lowest BCUT2D eigenvalue weighted by Gasteiger charge is -2.26. The van der Waals surface area contributed by atoms with E-state index < -0.39 is 11.5 Å². The minimum atomic E-state index is -1.42. The maximum atomic E-state index is 13.0. The molecule has 0 unspecified atom stereocenters. The van der Waals surface area contributed by atoms with Gasteiger partial charge in [-0.25, -0.2) is 0 Å². The fraction of sp³-hybridized carbons (Fsp3) is 0.143. The van der Waals surface area contributed by atoms with Crippen LogP contribution < -0.4 is 5.32 Å². The summed E-state index contributed by atoms with van der Waals surface area (Å²) < 4.78 is 10.4. The maximum Gasteiger partial charge on any atom is 0.257 e. The highest BCUT2D eigenvalue weighted by Gasteiger charge is 2.35. The third-order valence-corrected chi connectivity index (χ3v) is 6.00. The number of aryl methyl sites for hydroxylation is 1. The molecule has 3 heterocycles. The van der Waals surface area contributed by atoms with Gasteiger partial charge >= 0.3 is 0 Å². The van der Waals surface area contributed by atoms with Gasteiger partial charge in [0.2, 0.25) is 0 Å². The number of hydrogen-bond acceptors (Lipinski definition) is 6. The van der Waals surface area contributed by atoms with Crippen LogP contribution in [0.4, 0.5) is 0 Å². The third-order valence-electron chi connectivity index (χ3n) is 4.65. The van der Waals surface area contributed by atoms with Crippen LogP contribution in [0.1, 0.15) is 26.6 Å². The van der Waals surface area contributed by atoms with E-state index in [4.69, 9.17) is 20.5 Å². The number of carbonyl (C=O) groups excluding carboxylic acids is 1. The number of halogens is 1. The number of nitrogens with zero attached hydrogens (tertiary/aromatic N) is 1. The van der Waals surface area contributed by atoms with Crippen LogP contribution in [-0.2, 0) is 5.60 Å². The Labute approximate surface area is 175 Å². The molecule has 0 radical (unpaired) electrons. The van der Waals surface area contributed by atoms with E-state index in [0.29, 0.717) is 32.5 Å². The van der Waals surface area contributed by atoms with Crippen molar-refractivity contribution in [3.8, 4) is 11.3 Å². The van der Waals surface area contributed by atoms with Crippen LogP contribution in [0, 0.1) is 6.92 Å². The highest BCUT2D eigenvalue weighted by atomic mass is 35.5. The molecular weight excluding hydrogens is 412 g/mol. The lowest BCUT2D eigenvalue weighted by Crippen LogP contribution is -2.41. The number of hydrogen-bond donors (Lipinski definition) is 2. The predicted molar refractivity (Wildman–Crippen MR) is 110 cm³/mol. The monoisotopic (exact) mass is 428 g/mol. The molecule has 1 atom stereocenters. The molecule has 6 nitrogen and oxygen atoms in total. The number of aliphatic hydroxyl groups is 1. The zero-order valence-corrected chi connectivity index (χ0v) is 17.0. The topological polar surface area (TPSA) is 88.5 Å². The average Bonchev–Trinajstić information content (AvgIpc) is 3.47. The van der Waals surface area contributed by atoms with E-state index in [-0.39, 0.29) is 12.1 Å². The second-order valence-corrected chi connectivity index (χ2v) is 7.83. The zero-order chi connectivity index (χ0) is 20.4. The van der Waals surface area contributed by atoms with Gasteiger partial charge in [0.15, 0.2) is 0 Å². The highest BCUT2D eigenvalue weighted by Crippen LogP contribution is 2.34. The Hall–Kier alpha value is -2.87. The van der Waals surface area contributed by atoms with Crippen molar-refractivity contribution < 1.29 is 18.8 Å². The van der Waals surface area contributed by atoms with Crippen LogP contribution in [0.3, 0.4) is 0 Å². The summed E-state index contributed by atoms with van der Waals surface area (Å²) in [6.45, 7) is 1.60. The molecule has 148 valence electrons. The van der Waals surface area contributed by atoms with E-state index >= 15 is 0 Å². The Morgan fingerprint density at radius 1 is 1.28 bits per heavy atom. The first-order valence-electron chi connectivity index (χ1n) is 8.79. The minimum Gasteiger partial charge on any atom is -0.472 e. The lowest BCUT2D eigenvalue weighted by molar-refractivity contribution is 0.0713. The molecule has 4 aromatic rings.